The minimum Gasteiger partial charge on any atom is -0.349 e. The molecule has 0 aliphatic heterocycles. The minimum absolute atomic E-state index is 0.0879. The second-order valence-electron chi connectivity index (χ2n) is 4.85. The van der Waals surface area contributed by atoms with E-state index in [0.29, 0.717) is 12.2 Å². The third kappa shape index (κ3) is 3.65. The molecule has 2 aromatic rings. The molecular formula is C13H17F2N5O. The van der Waals surface area contributed by atoms with E-state index in [2.05, 4.69) is 15.5 Å². The van der Waals surface area contributed by atoms with Crippen molar-refractivity contribution in [1.29, 1.82) is 0 Å². The van der Waals surface area contributed by atoms with Crippen molar-refractivity contribution < 1.29 is 13.6 Å². The predicted octanol–water partition coefficient (Wildman–Crippen LogP) is 1.49. The van der Waals surface area contributed by atoms with Crippen LogP contribution < -0.4 is 5.32 Å². The molecular weight excluding hydrogens is 280 g/mol. The summed E-state index contributed by atoms with van der Waals surface area (Å²) in [7, 11) is 1.79. The lowest BCUT2D eigenvalue weighted by Gasteiger charge is -2.07. The summed E-state index contributed by atoms with van der Waals surface area (Å²) in [4.78, 5) is 11.8. The molecule has 1 N–H and O–H groups in total. The lowest BCUT2D eigenvalue weighted by atomic mass is 10.3. The topological polar surface area (TPSA) is 64.7 Å². The number of nitrogens with zero attached hydrogens (tertiary/aromatic N) is 4. The number of rotatable bonds is 5. The second-order valence-corrected chi connectivity index (χ2v) is 4.85. The number of nitrogens with one attached hydrogen (secondary N) is 1. The molecule has 2 heterocycles. The molecule has 0 bridgehead atoms. The van der Waals surface area contributed by atoms with Crippen molar-refractivity contribution in [3.05, 3.63) is 34.9 Å². The zero-order valence-corrected chi connectivity index (χ0v) is 12.1. The van der Waals surface area contributed by atoms with Gasteiger partial charge in [-0.15, -0.1) is 0 Å². The Hall–Kier alpha value is -2.25. The largest absolute Gasteiger partial charge is 0.349 e. The maximum Gasteiger partial charge on any atom is 0.282 e. The summed E-state index contributed by atoms with van der Waals surface area (Å²) < 4.78 is 28.0. The Morgan fingerprint density at radius 2 is 2.05 bits per heavy atom. The summed E-state index contributed by atoms with van der Waals surface area (Å²) in [6.07, 6.45) is -2.63. The molecule has 0 spiro atoms. The van der Waals surface area contributed by atoms with Gasteiger partial charge in [0.25, 0.3) is 6.43 Å². The van der Waals surface area contributed by atoms with Crippen LogP contribution in [0.5, 0.6) is 0 Å². The predicted molar refractivity (Wildman–Crippen MR) is 71.7 cm³/mol. The molecule has 2 rings (SSSR count). The summed E-state index contributed by atoms with van der Waals surface area (Å²) in [5.41, 5.74) is 1.94. The maximum atomic E-state index is 12.5. The van der Waals surface area contributed by atoms with Gasteiger partial charge in [0.1, 0.15) is 12.2 Å². The normalized spacial score (nSPS) is 11.1. The average Bonchev–Trinajstić information content (AvgIpc) is 2.90. The van der Waals surface area contributed by atoms with Crippen LogP contribution in [0.15, 0.2) is 12.1 Å². The first-order valence-corrected chi connectivity index (χ1v) is 6.45. The SMILES string of the molecule is Cc1cc(CNC(=O)Cn2nc(C(F)F)cc2C)n(C)n1. The fourth-order valence-corrected chi connectivity index (χ4v) is 2.01. The highest BCUT2D eigenvalue weighted by atomic mass is 19.3. The molecule has 2 aromatic heterocycles. The highest BCUT2D eigenvalue weighted by Crippen LogP contribution is 2.17. The molecule has 21 heavy (non-hydrogen) atoms. The molecule has 0 aliphatic rings. The van der Waals surface area contributed by atoms with Crippen LogP contribution in [0, 0.1) is 13.8 Å². The molecule has 114 valence electrons. The van der Waals surface area contributed by atoms with Gasteiger partial charge in [0.15, 0.2) is 0 Å². The molecule has 0 atom stereocenters. The van der Waals surface area contributed by atoms with E-state index in [1.54, 1.807) is 18.7 Å². The Morgan fingerprint density at radius 1 is 1.33 bits per heavy atom. The van der Waals surface area contributed by atoms with Gasteiger partial charge in [-0.05, 0) is 26.0 Å². The summed E-state index contributed by atoms with van der Waals surface area (Å²) in [6.45, 7) is 3.74. The fourth-order valence-electron chi connectivity index (χ4n) is 2.01. The first kappa shape index (κ1) is 15.1. The van der Waals surface area contributed by atoms with Crippen LogP contribution in [0.4, 0.5) is 8.78 Å². The highest BCUT2D eigenvalue weighted by molar-refractivity contribution is 5.75. The van der Waals surface area contributed by atoms with Gasteiger partial charge in [-0.2, -0.15) is 10.2 Å². The van der Waals surface area contributed by atoms with Crippen LogP contribution in [-0.2, 0) is 24.9 Å². The Labute approximate surface area is 120 Å². The fraction of sp³-hybridized carbons (Fsp3) is 0.462. The Kier molecular flexibility index (Phi) is 4.35. The number of carbonyl (C=O) groups excluding carboxylic acids is 1. The van der Waals surface area contributed by atoms with E-state index >= 15 is 0 Å². The minimum atomic E-state index is -2.63. The zero-order valence-electron chi connectivity index (χ0n) is 12.1. The first-order valence-electron chi connectivity index (χ1n) is 6.45. The van der Waals surface area contributed by atoms with Crippen LogP contribution in [0.3, 0.4) is 0 Å². The van der Waals surface area contributed by atoms with E-state index in [-0.39, 0.29) is 18.1 Å². The Morgan fingerprint density at radius 3 is 2.57 bits per heavy atom. The number of aromatic nitrogens is 4. The van der Waals surface area contributed by atoms with Crippen molar-refractivity contribution in [2.24, 2.45) is 7.05 Å². The number of aryl methyl sites for hydroxylation is 3. The molecule has 0 radical (unpaired) electrons. The zero-order chi connectivity index (χ0) is 15.6. The molecule has 0 fully saturated rings. The van der Waals surface area contributed by atoms with Gasteiger partial charge < -0.3 is 5.32 Å². The number of carbonyl (C=O) groups is 1. The third-order valence-corrected chi connectivity index (χ3v) is 3.08. The van der Waals surface area contributed by atoms with Gasteiger partial charge in [-0.25, -0.2) is 8.78 Å². The molecule has 8 heteroatoms. The van der Waals surface area contributed by atoms with Crippen molar-refractivity contribution in [3.8, 4) is 0 Å². The molecule has 6 nitrogen and oxygen atoms in total. The van der Waals surface area contributed by atoms with E-state index in [0.717, 1.165) is 11.4 Å². The molecule has 0 saturated heterocycles. The van der Waals surface area contributed by atoms with Gasteiger partial charge >= 0.3 is 0 Å². The molecule has 0 aliphatic carbocycles. The van der Waals surface area contributed by atoms with Crippen LogP contribution in [-0.4, -0.2) is 25.5 Å². The summed E-state index contributed by atoms with van der Waals surface area (Å²) in [5.74, 6) is -0.291. The standard InChI is InChI=1S/C13H17F2N5O/c1-8-4-10(19(3)17-8)6-16-12(21)7-20-9(2)5-11(18-20)13(14)15/h4-5,13H,6-7H2,1-3H3,(H,16,21). The Bertz CT molecular complexity index is 647. The smallest absolute Gasteiger partial charge is 0.282 e. The average molecular weight is 297 g/mol. The van der Waals surface area contributed by atoms with Gasteiger partial charge in [-0.3, -0.25) is 14.2 Å². The van der Waals surface area contributed by atoms with Gasteiger partial charge in [-0.1, -0.05) is 0 Å². The van der Waals surface area contributed by atoms with Crippen molar-refractivity contribution in [3.63, 3.8) is 0 Å². The molecule has 0 aromatic carbocycles. The van der Waals surface area contributed by atoms with Gasteiger partial charge in [0.2, 0.25) is 5.91 Å². The van der Waals surface area contributed by atoms with Gasteiger partial charge in [0.05, 0.1) is 17.9 Å². The first-order chi connectivity index (χ1) is 9.86. The highest BCUT2D eigenvalue weighted by Gasteiger charge is 2.15. The van der Waals surface area contributed by atoms with E-state index in [9.17, 15) is 13.6 Å². The van der Waals surface area contributed by atoms with E-state index in [1.807, 2.05) is 13.0 Å². The molecule has 0 unspecified atom stereocenters. The summed E-state index contributed by atoms with van der Waals surface area (Å²) in [6, 6.07) is 3.15. The van der Waals surface area contributed by atoms with E-state index < -0.39 is 6.43 Å². The van der Waals surface area contributed by atoms with Crippen LogP contribution in [0.1, 0.15) is 29.2 Å². The van der Waals surface area contributed by atoms with Crippen LogP contribution in [0.25, 0.3) is 0 Å². The van der Waals surface area contributed by atoms with Crippen LogP contribution >= 0.6 is 0 Å². The van der Waals surface area contributed by atoms with E-state index in [4.69, 9.17) is 0 Å². The van der Waals surface area contributed by atoms with Crippen molar-refractivity contribution in [2.75, 3.05) is 0 Å². The number of alkyl halides is 2. The van der Waals surface area contributed by atoms with Crippen LogP contribution in [0.2, 0.25) is 0 Å². The third-order valence-electron chi connectivity index (χ3n) is 3.08. The molecule has 0 saturated carbocycles. The number of hydrogen-bond donors (Lipinski definition) is 1. The van der Waals surface area contributed by atoms with Crippen molar-refractivity contribution >= 4 is 5.91 Å². The summed E-state index contributed by atoms with van der Waals surface area (Å²) >= 11 is 0. The molecule has 1 amide bonds. The van der Waals surface area contributed by atoms with Crippen molar-refractivity contribution in [1.82, 2.24) is 24.9 Å². The monoisotopic (exact) mass is 297 g/mol. The quantitative estimate of drug-likeness (QED) is 0.909. The Balaban J connectivity index is 1.94. The van der Waals surface area contributed by atoms with Crippen molar-refractivity contribution in [2.45, 2.75) is 33.4 Å². The lowest BCUT2D eigenvalue weighted by molar-refractivity contribution is -0.122. The number of amides is 1. The van der Waals surface area contributed by atoms with E-state index in [1.165, 1.54) is 10.7 Å². The number of halogens is 2. The van der Waals surface area contributed by atoms with Gasteiger partial charge in [0, 0.05) is 12.7 Å². The lowest BCUT2D eigenvalue weighted by Crippen LogP contribution is -2.28. The second kappa shape index (κ2) is 6.02. The number of hydrogen-bond acceptors (Lipinski definition) is 3. The maximum absolute atomic E-state index is 12.5. The summed E-state index contributed by atoms with van der Waals surface area (Å²) in [5, 5.41) is 10.6.